The summed E-state index contributed by atoms with van der Waals surface area (Å²) in [6.45, 7) is 4.76. The fourth-order valence-electron chi connectivity index (χ4n) is 6.33. The molecule has 1 amide bonds. The van der Waals surface area contributed by atoms with E-state index in [9.17, 15) is 4.79 Å². The fourth-order valence-corrected chi connectivity index (χ4v) is 6.33. The Kier molecular flexibility index (Phi) is 8.44. The van der Waals surface area contributed by atoms with E-state index >= 15 is 0 Å². The van der Waals surface area contributed by atoms with Gasteiger partial charge in [-0.3, -0.25) is 15.1 Å². The van der Waals surface area contributed by atoms with E-state index in [0.29, 0.717) is 12.2 Å². The maximum Gasteiger partial charge on any atom is 0.224 e. The molecule has 0 aromatic carbocycles. The van der Waals surface area contributed by atoms with Crippen LogP contribution in [0.4, 0.5) is 0 Å². The Labute approximate surface area is 183 Å². The number of nitrogens with zero attached hydrogens (tertiary/aromatic N) is 1. The highest BCUT2D eigenvalue weighted by Gasteiger charge is 2.35. The standard InChI is InChI=1S/C24H44N4O2/c1-2-30-22-13-7-6-12-21(22)25-24(29)19-11-8-16-28(17-19)23-15-14-20(26-27-23)18-9-4-3-5-10-18/h18-23,26-27H,2-17H2,1H3,(H,25,29). The van der Waals surface area contributed by atoms with Crippen molar-refractivity contribution in [3.8, 4) is 0 Å². The van der Waals surface area contributed by atoms with Gasteiger partial charge in [0, 0.05) is 19.2 Å². The van der Waals surface area contributed by atoms with E-state index in [1.165, 1.54) is 57.8 Å². The molecule has 2 saturated carbocycles. The maximum absolute atomic E-state index is 13.1. The summed E-state index contributed by atoms with van der Waals surface area (Å²) < 4.78 is 5.92. The Balaban J connectivity index is 1.24. The van der Waals surface area contributed by atoms with Gasteiger partial charge in [0.15, 0.2) is 0 Å². The number of likely N-dealkylation sites (tertiary alicyclic amines) is 1. The van der Waals surface area contributed by atoms with E-state index in [2.05, 4.69) is 28.0 Å². The highest BCUT2D eigenvalue weighted by Crippen LogP contribution is 2.30. The third-order valence-corrected chi connectivity index (χ3v) is 8.08. The van der Waals surface area contributed by atoms with Gasteiger partial charge in [-0.25, -0.2) is 5.43 Å². The van der Waals surface area contributed by atoms with E-state index < -0.39 is 0 Å². The van der Waals surface area contributed by atoms with Gasteiger partial charge in [0.25, 0.3) is 0 Å². The summed E-state index contributed by atoms with van der Waals surface area (Å²) in [5.74, 6) is 1.21. The summed E-state index contributed by atoms with van der Waals surface area (Å²) in [7, 11) is 0. The number of carbonyl (C=O) groups excluding carboxylic acids is 1. The number of hydrogen-bond donors (Lipinski definition) is 3. The van der Waals surface area contributed by atoms with Crippen LogP contribution in [0.2, 0.25) is 0 Å². The molecule has 2 heterocycles. The van der Waals surface area contributed by atoms with Crippen LogP contribution >= 0.6 is 0 Å². The van der Waals surface area contributed by atoms with Gasteiger partial charge in [-0.15, -0.1) is 0 Å². The lowest BCUT2D eigenvalue weighted by molar-refractivity contribution is -0.129. The molecule has 3 N–H and O–H groups in total. The number of rotatable bonds is 6. The zero-order chi connectivity index (χ0) is 20.8. The van der Waals surface area contributed by atoms with Gasteiger partial charge < -0.3 is 10.1 Å². The third-order valence-electron chi connectivity index (χ3n) is 8.08. The molecule has 2 aliphatic carbocycles. The molecule has 0 spiro atoms. The number of nitrogens with one attached hydrogen (secondary N) is 3. The first kappa shape index (κ1) is 22.5. The lowest BCUT2D eigenvalue weighted by Gasteiger charge is -2.44. The molecule has 4 fully saturated rings. The van der Waals surface area contributed by atoms with E-state index in [4.69, 9.17) is 4.74 Å². The monoisotopic (exact) mass is 420 g/mol. The smallest absolute Gasteiger partial charge is 0.224 e. The van der Waals surface area contributed by atoms with Crippen molar-refractivity contribution in [2.45, 2.75) is 115 Å². The predicted molar refractivity (Wildman–Crippen MR) is 120 cm³/mol. The summed E-state index contributed by atoms with van der Waals surface area (Å²) in [6, 6.07) is 0.833. The van der Waals surface area contributed by atoms with Crippen molar-refractivity contribution in [2.24, 2.45) is 11.8 Å². The van der Waals surface area contributed by atoms with Crippen LogP contribution in [0.1, 0.15) is 90.4 Å². The molecule has 0 aromatic rings. The molecular formula is C24H44N4O2. The summed E-state index contributed by atoms with van der Waals surface area (Å²) in [5, 5.41) is 3.37. The van der Waals surface area contributed by atoms with Crippen molar-refractivity contribution >= 4 is 5.91 Å². The highest BCUT2D eigenvalue weighted by molar-refractivity contribution is 5.79. The van der Waals surface area contributed by atoms with Crippen molar-refractivity contribution in [3.63, 3.8) is 0 Å². The lowest BCUT2D eigenvalue weighted by atomic mass is 9.81. The minimum Gasteiger partial charge on any atom is -0.376 e. The Morgan fingerprint density at radius 3 is 2.50 bits per heavy atom. The van der Waals surface area contributed by atoms with Gasteiger partial charge in [0.1, 0.15) is 0 Å². The second-order valence-electron chi connectivity index (χ2n) is 10.1. The second-order valence-corrected chi connectivity index (χ2v) is 10.1. The second kappa shape index (κ2) is 11.3. The SMILES string of the molecule is CCOC1CCCCC1NC(=O)C1CCCN(C2CCC(C3CCCCC3)NN2)C1. The third kappa shape index (κ3) is 5.76. The first-order valence-corrected chi connectivity index (χ1v) is 12.9. The van der Waals surface area contributed by atoms with Gasteiger partial charge in [0.2, 0.25) is 5.91 Å². The van der Waals surface area contributed by atoms with Crippen LogP contribution in [-0.2, 0) is 9.53 Å². The normalized spacial score (nSPS) is 37.0. The molecule has 0 aromatic heterocycles. The highest BCUT2D eigenvalue weighted by atomic mass is 16.5. The number of piperidine rings is 1. The van der Waals surface area contributed by atoms with Crippen molar-refractivity contribution in [3.05, 3.63) is 0 Å². The van der Waals surface area contributed by atoms with Crippen LogP contribution in [0.15, 0.2) is 0 Å². The molecule has 5 unspecified atom stereocenters. The molecule has 0 bridgehead atoms. The molecule has 0 radical (unpaired) electrons. The number of amides is 1. The van der Waals surface area contributed by atoms with Gasteiger partial charge in [-0.2, -0.15) is 0 Å². The molecular weight excluding hydrogens is 376 g/mol. The molecule has 5 atom stereocenters. The first-order valence-electron chi connectivity index (χ1n) is 12.9. The Bertz CT molecular complexity index is 529. The van der Waals surface area contributed by atoms with Gasteiger partial charge in [-0.1, -0.05) is 32.1 Å². The summed E-state index contributed by atoms with van der Waals surface area (Å²) in [6.07, 6.45) is 16.7. The van der Waals surface area contributed by atoms with Crippen LogP contribution in [0.3, 0.4) is 0 Å². The molecule has 2 saturated heterocycles. The van der Waals surface area contributed by atoms with Gasteiger partial charge >= 0.3 is 0 Å². The van der Waals surface area contributed by atoms with Crippen molar-refractivity contribution in [1.29, 1.82) is 0 Å². The number of carbonyl (C=O) groups is 1. The van der Waals surface area contributed by atoms with Crippen LogP contribution < -0.4 is 16.2 Å². The van der Waals surface area contributed by atoms with Crippen LogP contribution in [0.25, 0.3) is 0 Å². The molecule has 4 rings (SSSR count). The molecule has 6 heteroatoms. The summed E-state index contributed by atoms with van der Waals surface area (Å²) in [5.41, 5.74) is 7.28. The molecule has 6 nitrogen and oxygen atoms in total. The summed E-state index contributed by atoms with van der Waals surface area (Å²) >= 11 is 0. The Hall–Kier alpha value is -0.690. The zero-order valence-electron chi connectivity index (χ0n) is 19.0. The average molecular weight is 421 g/mol. The van der Waals surface area contributed by atoms with Crippen molar-refractivity contribution in [1.82, 2.24) is 21.1 Å². The summed E-state index contributed by atoms with van der Waals surface area (Å²) in [4.78, 5) is 15.6. The van der Waals surface area contributed by atoms with Crippen LogP contribution in [0.5, 0.6) is 0 Å². The van der Waals surface area contributed by atoms with E-state index in [1.807, 2.05) is 0 Å². The molecule has 4 aliphatic rings. The molecule has 172 valence electrons. The largest absolute Gasteiger partial charge is 0.376 e. The van der Waals surface area contributed by atoms with Crippen molar-refractivity contribution < 1.29 is 9.53 Å². The van der Waals surface area contributed by atoms with Crippen LogP contribution in [-0.4, -0.2) is 54.9 Å². The lowest BCUT2D eigenvalue weighted by Crippen LogP contribution is -2.62. The molecule has 2 aliphatic heterocycles. The maximum atomic E-state index is 13.1. The van der Waals surface area contributed by atoms with Crippen molar-refractivity contribution in [2.75, 3.05) is 19.7 Å². The number of hydrazine groups is 1. The average Bonchev–Trinajstić information content (AvgIpc) is 2.81. The Morgan fingerprint density at radius 2 is 1.73 bits per heavy atom. The van der Waals surface area contributed by atoms with E-state index in [0.717, 1.165) is 51.3 Å². The first-order chi connectivity index (χ1) is 14.7. The van der Waals surface area contributed by atoms with E-state index in [-0.39, 0.29) is 24.0 Å². The Morgan fingerprint density at radius 1 is 0.933 bits per heavy atom. The van der Waals surface area contributed by atoms with Crippen LogP contribution in [0, 0.1) is 11.8 Å². The minimum atomic E-state index is 0.112. The fraction of sp³-hybridized carbons (Fsp3) is 0.958. The van der Waals surface area contributed by atoms with Gasteiger partial charge in [-0.05, 0) is 70.8 Å². The minimum absolute atomic E-state index is 0.112. The molecule has 30 heavy (non-hydrogen) atoms. The van der Waals surface area contributed by atoms with E-state index in [1.54, 1.807) is 0 Å². The predicted octanol–water partition coefficient (Wildman–Crippen LogP) is 3.33. The zero-order valence-corrected chi connectivity index (χ0v) is 19.0. The topological polar surface area (TPSA) is 65.6 Å². The number of hydrogen-bond acceptors (Lipinski definition) is 5. The number of ether oxygens (including phenoxy) is 1. The van der Waals surface area contributed by atoms with Gasteiger partial charge in [0.05, 0.1) is 24.2 Å². The quantitative estimate of drug-likeness (QED) is 0.615.